The van der Waals surface area contributed by atoms with Gasteiger partial charge < -0.3 is 10.6 Å². The molecule has 3 rings (SSSR count). The number of aryl methyl sites for hydroxylation is 1. The Hall–Kier alpha value is -3.16. The lowest BCUT2D eigenvalue weighted by Gasteiger charge is -2.11. The van der Waals surface area contributed by atoms with Gasteiger partial charge in [-0.05, 0) is 17.7 Å². The largest absolute Gasteiger partial charge is 0.334 e. The zero-order valence-electron chi connectivity index (χ0n) is 12.7. The van der Waals surface area contributed by atoms with Gasteiger partial charge in [-0.25, -0.2) is 14.5 Å². The normalized spacial score (nSPS) is 10.5. The minimum Gasteiger partial charge on any atom is -0.334 e. The van der Waals surface area contributed by atoms with Crippen molar-refractivity contribution >= 4 is 6.03 Å². The van der Waals surface area contributed by atoms with E-state index in [2.05, 4.69) is 25.8 Å². The topological polar surface area (TPSA) is 89.7 Å². The molecule has 8 heteroatoms. The van der Waals surface area contributed by atoms with Crippen LogP contribution in [0.5, 0.6) is 0 Å². The highest BCUT2D eigenvalue weighted by atomic mass is 16.2. The van der Waals surface area contributed by atoms with Gasteiger partial charge in [0.2, 0.25) is 0 Å². The van der Waals surface area contributed by atoms with Gasteiger partial charge in [0.05, 0.1) is 12.2 Å². The van der Waals surface area contributed by atoms with E-state index in [4.69, 9.17) is 0 Å². The number of aromatic nitrogens is 5. The number of para-hydroxylation sites is 1. The Morgan fingerprint density at radius 3 is 2.70 bits per heavy atom. The van der Waals surface area contributed by atoms with Crippen LogP contribution < -0.4 is 10.6 Å². The fraction of sp³-hybridized carbons (Fsp3) is 0.200. The Morgan fingerprint density at radius 1 is 1.13 bits per heavy atom. The highest BCUT2D eigenvalue weighted by Crippen LogP contribution is 2.12. The quantitative estimate of drug-likeness (QED) is 0.735. The molecule has 0 unspecified atom stereocenters. The van der Waals surface area contributed by atoms with Crippen LogP contribution in [-0.4, -0.2) is 30.6 Å². The molecule has 0 aliphatic rings. The van der Waals surface area contributed by atoms with Gasteiger partial charge in [0.15, 0.2) is 0 Å². The maximum Gasteiger partial charge on any atom is 0.315 e. The third-order valence-electron chi connectivity index (χ3n) is 3.39. The lowest BCUT2D eigenvalue weighted by molar-refractivity contribution is 0.239. The van der Waals surface area contributed by atoms with Crippen LogP contribution in [0.2, 0.25) is 0 Å². The molecule has 118 valence electrons. The second-order valence-electron chi connectivity index (χ2n) is 4.92. The van der Waals surface area contributed by atoms with Crippen LogP contribution in [0.25, 0.3) is 5.69 Å². The summed E-state index contributed by atoms with van der Waals surface area (Å²) in [6.07, 6.45) is 5.04. The summed E-state index contributed by atoms with van der Waals surface area (Å²) in [5.74, 6) is 0.692. The van der Waals surface area contributed by atoms with E-state index in [9.17, 15) is 4.79 Å². The van der Waals surface area contributed by atoms with Crippen LogP contribution in [0.4, 0.5) is 4.79 Å². The third-order valence-corrected chi connectivity index (χ3v) is 3.39. The van der Waals surface area contributed by atoms with Gasteiger partial charge in [0, 0.05) is 26.0 Å². The molecule has 2 N–H and O–H groups in total. The molecular weight excluding hydrogens is 294 g/mol. The second-order valence-corrected chi connectivity index (χ2v) is 4.92. The van der Waals surface area contributed by atoms with E-state index < -0.39 is 0 Å². The summed E-state index contributed by atoms with van der Waals surface area (Å²) in [5, 5.41) is 13.8. The molecule has 2 aromatic heterocycles. The number of benzene rings is 1. The predicted octanol–water partition coefficient (Wildman–Crippen LogP) is 1.00. The summed E-state index contributed by atoms with van der Waals surface area (Å²) in [7, 11) is 1.78. The van der Waals surface area contributed by atoms with Crippen LogP contribution in [0.1, 0.15) is 11.4 Å². The maximum atomic E-state index is 11.9. The van der Waals surface area contributed by atoms with Crippen molar-refractivity contribution in [3.8, 4) is 5.69 Å². The van der Waals surface area contributed by atoms with Gasteiger partial charge in [0.1, 0.15) is 12.2 Å². The Morgan fingerprint density at radius 2 is 1.96 bits per heavy atom. The number of hydrogen-bond acceptors (Lipinski definition) is 4. The first kappa shape index (κ1) is 14.8. The average molecular weight is 311 g/mol. The van der Waals surface area contributed by atoms with Crippen LogP contribution in [0.15, 0.2) is 49.1 Å². The van der Waals surface area contributed by atoms with Crippen molar-refractivity contribution in [2.45, 2.75) is 13.1 Å². The smallest absolute Gasteiger partial charge is 0.315 e. The summed E-state index contributed by atoms with van der Waals surface area (Å²) in [5.41, 5.74) is 1.91. The minimum atomic E-state index is -0.261. The van der Waals surface area contributed by atoms with E-state index in [-0.39, 0.29) is 6.03 Å². The van der Waals surface area contributed by atoms with E-state index in [0.29, 0.717) is 18.9 Å². The molecule has 0 saturated heterocycles. The number of urea groups is 1. The highest BCUT2D eigenvalue weighted by molar-refractivity contribution is 5.73. The van der Waals surface area contributed by atoms with Crippen molar-refractivity contribution in [2.24, 2.45) is 7.05 Å². The summed E-state index contributed by atoms with van der Waals surface area (Å²) in [6, 6.07) is 9.39. The van der Waals surface area contributed by atoms with Gasteiger partial charge >= 0.3 is 6.03 Å². The van der Waals surface area contributed by atoms with Crippen molar-refractivity contribution < 1.29 is 4.79 Å². The predicted molar refractivity (Wildman–Crippen MR) is 83.6 cm³/mol. The Bertz CT molecular complexity index is 779. The van der Waals surface area contributed by atoms with Gasteiger partial charge in [-0.15, -0.1) is 0 Å². The molecule has 23 heavy (non-hydrogen) atoms. The molecule has 0 radical (unpaired) electrons. The zero-order chi connectivity index (χ0) is 16.1. The second kappa shape index (κ2) is 6.73. The molecule has 1 aromatic carbocycles. The van der Waals surface area contributed by atoms with E-state index in [1.165, 1.54) is 6.33 Å². The fourth-order valence-corrected chi connectivity index (χ4v) is 2.17. The van der Waals surface area contributed by atoms with Crippen LogP contribution in [-0.2, 0) is 20.1 Å². The monoisotopic (exact) mass is 311 g/mol. The molecule has 2 amide bonds. The van der Waals surface area contributed by atoms with Crippen molar-refractivity contribution in [1.29, 1.82) is 0 Å². The number of carbonyl (C=O) groups excluding carboxylic acids is 1. The molecule has 0 aliphatic heterocycles. The number of nitrogens with zero attached hydrogens (tertiary/aromatic N) is 5. The molecule has 0 fully saturated rings. The summed E-state index contributed by atoms with van der Waals surface area (Å²) in [4.78, 5) is 16.0. The molecule has 8 nitrogen and oxygen atoms in total. The van der Waals surface area contributed by atoms with E-state index >= 15 is 0 Å². The van der Waals surface area contributed by atoms with Crippen molar-refractivity contribution in [2.75, 3.05) is 0 Å². The fourth-order valence-electron chi connectivity index (χ4n) is 2.17. The number of hydrogen-bond donors (Lipinski definition) is 2. The van der Waals surface area contributed by atoms with Gasteiger partial charge in [-0.1, -0.05) is 18.2 Å². The first-order chi connectivity index (χ1) is 11.2. The summed E-state index contributed by atoms with van der Waals surface area (Å²) >= 11 is 0. The Balaban J connectivity index is 1.58. The van der Waals surface area contributed by atoms with E-state index in [1.54, 1.807) is 22.6 Å². The summed E-state index contributed by atoms with van der Waals surface area (Å²) in [6.45, 7) is 0.726. The summed E-state index contributed by atoms with van der Waals surface area (Å²) < 4.78 is 3.39. The van der Waals surface area contributed by atoms with E-state index in [0.717, 1.165) is 11.3 Å². The minimum absolute atomic E-state index is 0.261. The Kier molecular flexibility index (Phi) is 4.32. The SMILES string of the molecule is Cn1ncnc1CNC(=O)NCc1ccccc1-n1cccn1. The Labute approximate surface area is 133 Å². The molecule has 0 bridgehead atoms. The average Bonchev–Trinajstić information content (AvgIpc) is 3.23. The number of amides is 2. The van der Waals surface area contributed by atoms with Gasteiger partial charge in [-0.3, -0.25) is 4.68 Å². The highest BCUT2D eigenvalue weighted by Gasteiger charge is 2.07. The van der Waals surface area contributed by atoms with Crippen molar-refractivity contribution in [3.63, 3.8) is 0 Å². The van der Waals surface area contributed by atoms with Gasteiger partial charge in [-0.2, -0.15) is 10.2 Å². The lowest BCUT2D eigenvalue weighted by atomic mass is 10.2. The molecule has 2 heterocycles. The maximum absolute atomic E-state index is 11.9. The van der Waals surface area contributed by atoms with Crippen LogP contribution in [0.3, 0.4) is 0 Å². The number of nitrogens with one attached hydrogen (secondary N) is 2. The van der Waals surface area contributed by atoms with Crippen LogP contribution in [0, 0.1) is 0 Å². The molecular formula is C15H17N7O. The van der Waals surface area contributed by atoms with Crippen molar-refractivity contribution in [3.05, 3.63) is 60.4 Å². The van der Waals surface area contributed by atoms with Crippen molar-refractivity contribution in [1.82, 2.24) is 35.2 Å². The standard InChI is InChI=1S/C15H17N7O/c1-21-14(18-11-20-21)10-17-15(23)16-9-12-5-2-3-6-13(12)22-8-4-7-19-22/h2-8,11H,9-10H2,1H3,(H2,16,17,23). The lowest BCUT2D eigenvalue weighted by Crippen LogP contribution is -2.35. The molecule has 3 aromatic rings. The molecule has 0 atom stereocenters. The van der Waals surface area contributed by atoms with E-state index in [1.807, 2.05) is 36.5 Å². The zero-order valence-corrected chi connectivity index (χ0v) is 12.7. The number of rotatable bonds is 5. The van der Waals surface area contributed by atoms with Gasteiger partial charge in [0.25, 0.3) is 0 Å². The number of carbonyl (C=O) groups is 1. The molecule has 0 aliphatic carbocycles. The third kappa shape index (κ3) is 3.54. The first-order valence-electron chi connectivity index (χ1n) is 7.16. The van der Waals surface area contributed by atoms with Crippen LogP contribution >= 0.6 is 0 Å². The first-order valence-corrected chi connectivity index (χ1v) is 7.16. The molecule has 0 saturated carbocycles. The molecule has 0 spiro atoms.